The molecule has 0 bridgehead atoms. The third-order valence-electron chi connectivity index (χ3n) is 2.03. The predicted molar refractivity (Wildman–Crippen MR) is 68.4 cm³/mol. The molecule has 0 saturated heterocycles. The molecule has 1 aromatic carbocycles. The van der Waals surface area contributed by atoms with Crippen LogP contribution in [0.3, 0.4) is 0 Å². The van der Waals surface area contributed by atoms with Gasteiger partial charge in [-0.15, -0.1) is 0 Å². The minimum absolute atomic E-state index is 0.0394. The maximum absolute atomic E-state index is 11.6. The van der Waals surface area contributed by atoms with E-state index in [1.165, 1.54) is 13.2 Å². The van der Waals surface area contributed by atoms with Crippen LogP contribution in [0, 0.1) is 0 Å². The molecule has 1 aromatic rings. The number of carbonyl (C=O) groups is 2. The summed E-state index contributed by atoms with van der Waals surface area (Å²) in [4.78, 5) is 22.4. The highest BCUT2D eigenvalue weighted by Gasteiger charge is 2.24. The Labute approximate surface area is 113 Å². The molecule has 0 atom stereocenters. The summed E-state index contributed by atoms with van der Waals surface area (Å²) in [7, 11) is 1.42. The third-order valence-corrected chi connectivity index (χ3v) is 2.49. The van der Waals surface area contributed by atoms with Crippen molar-refractivity contribution >= 4 is 27.7 Å². The molecule has 0 aliphatic rings. The minimum Gasteiger partial charge on any atom is -0.493 e. The van der Waals surface area contributed by atoms with E-state index in [1.54, 1.807) is 19.9 Å². The van der Waals surface area contributed by atoms with Gasteiger partial charge in [-0.2, -0.15) is 0 Å². The van der Waals surface area contributed by atoms with Gasteiger partial charge in [0.15, 0.2) is 11.5 Å². The van der Waals surface area contributed by atoms with Gasteiger partial charge in [0, 0.05) is 4.47 Å². The zero-order chi connectivity index (χ0) is 13.9. The number of benzene rings is 1. The SMILES string of the molecule is COc1cc(Br)cc(C(=O)C(=O)O)c1OC(C)C. The van der Waals surface area contributed by atoms with E-state index in [2.05, 4.69) is 15.9 Å². The van der Waals surface area contributed by atoms with E-state index >= 15 is 0 Å². The van der Waals surface area contributed by atoms with Crippen molar-refractivity contribution in [2.24, 2.45) is 0 Å². The van der Waals surface area contributed by atoms with Crippen LogP contribution in [0.2, 0.25) is 0 Å². The van der Waals surface area contributed by atoms with Gasteiger partial charge in [0.05, 0.1) is 18.8 Å². The fourth-order valence-electron chi connectivity index (χ4n) is 1.36. The van der Waals surface area contributed by atoms with E-state index < -0.39 is 11.8 Å². The van der Waals surface area contributed by atoms with Crippen LogP contribution in [0.15, 0.2) is 16.6 Å². The third kappa shape index (κ3) is 3.22. The quantitative estimate of drug-likeness (QED) is 0.667. The lowest BCUT2D eigenvalue weighted by molar-refractivity contribution is -0.131. The van der Waals surface area contributed by atoms with Gasteiger partial charge < -0.3 is 14.6 Å². The van der Waals surface area contributed by atoms with Crippen LogP contribution in [0.4, 0.5) is 0 Å². The molecule has 0 unspecified atom stereocenters. The maximum atomic E-state index is 11.6. The number of carboxylic acids is 1. The van der Waals surface area contributed by atoms with Crippen LogP contribution in [0.25, 0.3) is 0 Å². The Hall–Kier alpha value is -1.56. The summed E-state index contributed by atoms with van der Waals surface area (Å²) in [5, 5.41) is 8.79. The van der Waals surface area contributed by atoms with Gasteiger partial charge in [-0.05, 0) is 26.0 Å². The van der Waals surface area contributed by atoms with E-state index in [9.17, 15) is 9.59 Å². The molecule has 0 saturated carbocycles. The predicted octanol–water partition coefficient (Wildman–Crippen LogP) is 2.51. The van der Waals surface area contributed by atoms with E-state index in [0.717, 1.165) is 0 Å². The molecule has 0 aliphatic carbocycles. The van der Waals surface area contributed by atoms with Crippen LogP contribution in [0.1, 0.15) is 24.2 Å². The second-order valence-electron chi connectivity index (χ2n) is 3.79. The Morgan fingerprint density at radius 2 is 1.94 bits per heavy atom. The molecule has 0 radical (unpaired) electrons. The molecule has 18 heavy (non-hydrogen) atoms. The van der Waals surface area contributed by atoms with Gasteiger partial charge in [-0.3, -0.25) is 4.79 Å². The second kappa shape index (κ2) is 5.86. The van der Waals surface area contributed by atoms with Crippen LogP contribution >= 0.6 is 15.9 Å². The zero-order valence-electron chi connectivity index (χ0n) is 10.2. The van der Waals surface area contributed by atoms with Crippen molar-refractivity contribution in [2.45, 2.75) is 20.0 Å². The van der Waals surface area contributed by atoms with Crippen molar-refractivity contribution in [2.75, 3.05) is 7.11 Å². The zero-order valence-corrected chi connectivity index (χ0v) is 11.8. The number of Topliss-reactive ketones (excluding diaryl/α,β-unsaturated/α-hetero) is 1. The number of hydrogen-bond acceptors (Lipinski definition) is 4. The fraction of sp³-hybridized carbons (Fsp3) is 0.333. The van der Waals surface area contributed by atoms with Gasteiger partial charge in [0.1, 0.15) is 0 Å². The van der Waals surface area contributed by atoms with Gasteiger partial charge in [-0.25, -0.2) is 4.79 Å². The minimum atomic E-state index is -1.54. The average molecular weight is 317 g/mol. The van der Waals surface area contributed by atoms with E-state index in [0.29, 0.717) is 10.2 Å². The number of hydrogen-bond donors (Lipinski definition) is 1. The molecule has 1 N–H and O–H groups in total. The summed E-state index contributed by atoms with van der Waals surface area (Å²) in [5.74, 6) is -2.13. The van der Waals surface area contributed by atoms with Crippen LogP contribution in [0.5, 0.6) is 11.5 Å². The highest BCUT2D eigenvalue weighted by atomic mass is 79.9. The lowest BCUT2D eigenvalue weighted by Crippen LogP contribution is -2.17. The van der Waals surface area contributed by atoms with Crippen LogP contribution in [-0.4, -0.2) is 30.1 Å². The number of methoxy groups -OCH3 is 1. The first-order chi connectivity index (χ1) is 8.36. The van der Waals surface area contributed by atoms with E-state index in [1.807, 2.05) is 0 Å². The normalized spacial score (nSPS) is 10.3. The van der Waals surface area contributed by atoms with Crippen molar-refractivity contribution in [3.05, 3.63) is 22.2 Å². The molecule has 0 amide bonds. The number of aliphatic carboxylic acids is 1. The number of carbonyl (C=O) groups excluding carboxylic acids is 1. The standard InChI is InChI=1S/C12H13BrO5/c1-6(2)18-11-8(10(14)12(15)16)4-7(13)5-9(11)17-3/h4-6H,1-3H3,(H,15,16). The second-order valence-corrected chi connectivity index (χ2v) is 4.70. The van der Waals surface area contributed by atoms with Crippen molar-refractivity contribution in [1.82, 2.24) is 0 Å². The number of carboxylic acid groups (broad SMARTS) is 1. The Balaban J connectivity index is 3.41. The average Bonchev–Trinajstić information content (AvgIpc) is 2.29. The first-order valence-electron chi connectivity index (χ1n) is 5.18. The molecule has 0 spiro atoms. The van der Waals surface area contributed by atoms with Gasteiger partial charge in [-0.1, -0.05) is 15.9 Å². The van der Waals surface area contributed by atoms with Crippen molar-refractivity contribution in [3.8, 4) is 11.5 Å². The molecule has 0 aromatic heterocycles. The summed E-state index contributed by atoms with van der Waals surface area (Å²) in [6, 6.07) is 3.01. The molecule has 98 valence electrons. The van der Waals surface area contributed by atoms with Crippen molar-refractivity contribution in [1.29, 1.82) is 0 Å². The Kier molecular flexibility index (Phi) is 4.72. The van der Waals surface area contributed by atoms with Crippen molar-refractivity contribution < 1.29 is 24.2 Å². The largest absolute Gasteiger partial charge is 0.493 e. The highest BCUT2D eigenvalue weighted by Crippen LogP contribution is 2.35. The van der Waals surface area contributed by atoms with Gasteiger partial charge in [0.25, 0.3) is 5.78 Å². The summed E-state index contributed by atoms with van der Waals surface area (Å²) in [6.07, 6.45) is -0.208. The Morgan fingerprint density at radius 3 is 2.39 bits per heavy atom. The molecule has 0 heterocycles. The van der Waals surface area contributed by atoms with Gasteiger partial charge in [0.2, 0.25) is 0 Å². The number of rotatable bonds is 5. The molecule has 6 heteroatoms. The van der Waals surface area contributed by atoms with Crippen LogP contribution in [-0.2, 0) is 4.79 Å². The molecular weight excluding hydrogens is 304 g/mol. The monoisotopic (exact) mass is 316 g/mol. The molecule has 1 rings (SSSR count). The Morgan fingerprint density at radius 1 is 1.33 bits per heavy atom. The van der Waals surface area contributed by atoms with Gasteiger partial charge >= 0.3 is 5.97 Å². The molecule has 0 aliphatic heterocycles. The van der Waals surface area contributed by atoms with E-state index in [-0.39, 0.29) is 17.4 Å². The van der Waals surface area contributed by atoms with Crippen molar-refractivity contribution in [3.63, 3.8) is 0 Å². The molecule has 0 fully saturated rings. The first kappa shape index (κ1) is 14.5. The molecule has 5 nitrogen and oxygen atoms in total. The summed E-state index contributed by atoms with van der Waals surface area (Å²) in [5.41, 5.74) is -0.0394. The topological polar surface area (TPSA) is 72.8 Å². The maximum Gasteiger partial charge on any atom is 0.377 e. The smallest absolute Gasteiger partial charge is 0.377 e. The number of ketones is 1. The lowest BCUT2D eigenvalue weighted by Gasteiger charge is -2.16. The lowest BCUT2D eigenvalue weighted by atomic mass is 10.1. The Bertz CT molecular complexity index is 482. The van der Waals surface area contributed by atoms with Crippen LogP contribution < -0.4 is 9.47 Å². The highest BCUT2D eigenvalue weighted by molar-refractivity contribution is 9.10. The number of halogens is 1. The summed E-state index contributed by atoms with van der Waals surface area (Å²) < 4.78 is 11.1. The summed E-state index contributed by atoms with van der Waals surface area (Å²) in [6.45, 7) is 3.55. The molecular formula is C12H13BrO5. The first-order valence-corrected chi connectivity index (χ1v) is 5.98. The van der Waals surface area contributed by atoms with E-state index in [4.69, 9.17) is 14.6 Å². The summed E-state index contributed by atoms with van der Waals surface area (Å²) >= 11 is 3.19. The fourth-order valence-corrected chi connectivity index (χ4v) is 1.80. The number of ether oxygens (including phenoxy) is 2.